The highest BCUT2D eigenvalue weighted by Gasteiger charge is 2.19. The zero-order valence-corrected chi connectivity index (χ0v) is 11.4. The summed E-state index contributed by atoms with van der Waals surface area (Å²) in [7, 11) is 1.68. The van der Waals surface area contributed by atoms with E-state index in [4.69, 9.17) is 9.84 Å². The first kappa shape index (κ1) is 13.8. The first-order valence-corrected chi connectivity index (χ1v) is 5.94. The summed E-state index contributed by atoms with van der Waals surface area (Å²) in [4.78, 5) is 0. The number of aliphatic hydroxyl groups excluding tert-OH is 1. The van der Waals surface area contributed by atoms with Crippen molar-refractivity contribution in [2.24, 2.45) is 0 Å². The minimum atomic E-state index is -0.151. The summed E-state index contributed by atoms with van der Waals surface area (Å²) in [6, 6.07) is 4.14. The van der Waals surface area contributed by atoms with Crippen LogP contribution >= 0.6 is 0 Å². The van der Waals surface area contributed by atoms with Crippen LogP contribution in [-0.4, -0.2) is 24.4 Å². The van der Waals surface area contributed by atoms with Crippen molar-refractivity contribution in [2.75, 3.05) is 19.0 Å². The molecular weight excluding hydrogens is 214 g/mol. The van der Waals surface area contributed by atoms with Crippen molar-refractivity contribution >= 4 is 5.69 Å². The SMILES string of the molecule is COc1cc(C)cc(C)c1NC(C)(C)CCO. The van der Waals surface area contributed by atoms with E-state index in [-0.39, 0.29) is 12.1 Å². The van der Waals surface area contributed by atoms with Gasteiger partial charge in [0.2, 0.25) is 0 Å². The van der Waals surface area contributed by atoms with Gasteiger partial charge in [-0.3, -0.25) is 0 Å². The molecule has 0 aliphatic carbocycles. The Morgan fingerprint density at radius 3 is 2.47 bits per heavy atom. The van der Waals surface area contributed by atoms with Gasteiger partial charge in [0.25, 0.3) is 0 Å². The van der Waals surface area contributed by atoms with Crippen LogP contribution in [0.4, 0.5) is 5.69 Å². The van der Waals surface area contributed by atoms with Crippen molar-refractivity contribution in [3.63, 3.8) is 0 Å². The van der Waals surface area contributed by atoms with Crippen LogP contribution in [0.2, 0.25) is 0 Å². The van der Waals surface area contributed by atoms with Crippen LogP contribution in [-0.2, 0) is 0 Å². The molecule has 2 N–H and O–H groups in total. The Morgan fingerprint density at radius 1 is 1.29 bits per heavy atom. The molecule has 96 valence electrons. The number of anilines is 1. The maximum absolute atomic E-state index is 9.05. The van der Waals surface area contributed by atoms with E-state index in [1.807, 2.05) is 6.07 Å². The van der Waals surface area contributed by atoms with Gasteiger partial charge >= 0.3 is 0 Å². The second kappa shape index (κ2) is 5.41. The van der Waals surface area contributed by atoms with E-state index in [1.54, 1.807) is 7.11 Å². The quantitative estimate of drug-likeness (QED) is 0.827. The minimum absolute atomic E-state index is 0.151. The van der Waals surface area contributed by atoms with E-state index in [1.165, 1.54) is 5.56 Å². The summed E-state index contributed by atoms with van der Waals surface area (Å²) in [5, 5.41) is 12.5. The highest BCUT2D eigenvalue weighted by atomic mass is 16.5. The summed E-state index contributed by atoms with van der Waals surface area (Å²) < 4.78 is 5.41. The van der Waals surface area contributed by atoms with Gasteiger partial charge in [0.05, 0.1) is 12.8 Å². The van der Waals surface area contributed by atoms with Crippen molar-refractivity contribution in [3.8, 4) is 5.75 Å². The van der Waals surface area contributed by atoms with Crippen LogP contribution in [0.25, 0.3) is 0 Å². The Balaban J connectivity index is 3.05. The van der Waals surface area contributed by atoms with Gasteiger partial charge in [-0.2, -0.15) is 0 Å². The third-order valence-corrected chi connectivity index (χ3v) is 2.86. The summed E-state index contributed by atoms with van der Waals surface area (Å²) in [6.07, 6.45) is 0.698. The average molecular weight is 237 g/mol. The Kier molecular flexibility index (Phi) is 4.40. The number of nitrogens with one attached hydrogen (secondary N) is 1. The van der Waals surface area contributed by atoms with Gasteiger partial charge in [-0.25, -0.2) is 0 Å². The number of rotatable bonds is 5. The Hall–Kier alpha value is -1.22. The molecule has 0 fully saturated rings. The molecule has 3 heteroatoms. The molecule has 1 rings (SSSR count). The van der Waals surface area contributed by atoms with Crippen molar-refractivity contribution in [1.82, 2.24) is 0 Å². The summed E-state index contributed by atoms with van der Waals surface area (Å²) in [5.74, 6) is 0.855. The fraction of sp³-hybridized carbons (Fsp3) is 0.571. The van der Waals surface area contributed by atoms with Gasteiger partial charge in [-0.05, 0) is 51.3 Å². The van der Waals surface area contributed by atoms with Crippen LogP contribution < -0.4 is 10.1 Å². The van der Waals surface area contributed by atoms with Gasteiger partial charge in [-0.15, -0.1) is 0 Å². The highest BCUT2D eigenvalue weighted by molar-refractivity contribution is 5.64. The Bertz CT molecular complexity index is 386. The van der Waals surface area contributed by atoms with Gasteiger partial charge in [0.15, 0.2) is 0 Å². The fourth-order valence-corrected chi connectivity index (χ4v) is 1.93. The van der Waals surface area contributed by atoms with Crippen molar-refractivity contribution in [3.05, 3.63) is 23.3 Å². The first-order valence-electron chi connectivity index (χ1n) is 5.94. The normalized spacial score (nSPS) is 11.4. The van der Waals surface area contributed by atoms with E-state index in [0.717, 1.165) is 17.0 Å². The highest BCUT2D eigenvalue weighted by Crippen LogP contribution is 2.32. The van der Waals surface area contributed by atoms with Crippen LogP contribution in [0.15, 0.2) is 12.1 Å². The molecule has 0 aliphatic heterocycles. The number of benzene rings is 1. The fourth-order valence-electron chi connectivity index (χ4n) is 1.93. The molecular formula is C14H23NO2. The average Bonchev–Trinajstić information content (AvgIpc) is 2.21. The maximum Gasteiger partial charge on any atom is 0.142 e. The molecule has 3 nitrogen and oxygen atoms in total. The lowest BCUT2D eigenvalue weighted by Gasteiger charge is -2.29. The molecule has 0 unspecified atom stereocenters. The van der Waals surface area contributed by atoms with Crippen LogP contribution in [0.3, 0.4) is 0 Å². The third kappa shape index (κ3) is 3.63. The molecule has 0 aliphatic rings. The van der Waals surface area contributed by atoms with Crippen LogP contribution in [0.5, 0.6) is 5.75 Å². The van der Waals surface area contributed by atoms with E-state index in [0.29, 0.717) is 6.42 Å². The summed E-state index contributed by atoms with van der Waals surface area (Å²) >= 11 is 0. The first-order chi connectivity index (χ1) is 7.89. The molecule has 0 aromatic heterocycles. The van der Waals surface area contributed by atoms with Crippen LogP contribution in [0.1, 0.15) is 31.4 Å². The Morgan fingerprint density at radius 2 is 1.94 bits per heavy atom. The molecule has 0 radical (unpaired) electrons. The lowest BCUT2D eigenvalue weighted by molar-refractivity contribution is 0.260. The number of aryl methyl sites for hydroxylation is 2. The third-order valence-electron chi connectivity index (χ3n) is 2.86. The number of hydrogen-bond donors (Lipinski definition) is 2. The van der Waals surface area contributed by atoms with Crippen molar-refractivity contribution < 1.29 is 9.84 Å². The Labute approximate surface area is 104 Å². The minimum Gasteiger partial charge on any atom is -0.495 e. The number of ether oxygens (including phenoxy) is 1. The molecule has 17 heavy (non-hydrogen) atoms. The zero-order valence-electron chi connectivity index (χ0n) is 11.4. The van der Waals surface area contributed by atoms with Crippen molar-refractivity contribution in [1.29, 1.82) is 0 Å². The molecule has 0 amide bonds. The number of hydrogen-bond acceptors (Lipinski definition) is 3. The van der Waals surface area contributed by atoms with Gasteiger partial charge < -0.3 is 15.2 Å². The second-order valence-electron chi connectivity index (χ2n) is 5.14. The standard InChI is InChI=1S/C14H23NO2/c1-10-8-11(2)13(12(9-10)17-5)15-14(3,4)6-7-16/h8-9,15-16H,6-7H2,1-5H3. The smallest absolute Gasteiger partial charge is 0.142 e. The topological polar surface area (TPSA) is 41.5 Å². The zero-order chi connectivity index (χ0) is 13.1. The molecule has 0 saturated heterocycles. The molecule has 1 aromatic carbocycles. The van der Waals surface area contributed by atoms with Gasteiger partial charge in [0.1, 0.15) is 5.75 Å². The largest absolute Gasteiger partial charge is 0.495 e. The number of methoxy groups -OCH3 is 1. The monoisotopic (exact) mass is 237 g/mol. The van der Waals surface area contributed by atoms with E-state index >= 15 is 0 Å². The molecule has 1 aromatic rings. The van der Waals surface area contributed by atoms with E-state index < -0.39 is 0 Å². The van der Waals surface area contributed by atoms with Gasteiger partial charge in [-0.1, -0.05) is 6.07 Å². The summed E-state index contributed by atoms with van der Waals surface area (Å²) in [6.45, 7) is 8.43. The predicted octanol–water partition coefficient (Wildman–Crippen LogP) is 2.88. The molecule has 0 spiro atoms. The molecule has 0 heterocycles. The second-order valence-corrected chi connectivity index (χ2v) is 5.14. The van der Waals surface area contributed by atoms with Gasteiger partial charge in [0, 0.05) is 12.1 Å². The molecule has 0 saturated carbocycles. The summed E-state index contributed by atoms with van der Waals surface area (Å²) in [5.41, 5.74) is 3.21. The van der Waals surface area contributed by atoms with Crippen LogP contribution in [0, 0.1) is 13.8 Å². The van der Waals surface area contributed by atoms with E-state index in [2.05, 4.69) is 39.1 Å². The van der Waals surface area contributed by atoms with E-state index in [9.17, 15) is 0 Å². The maximum atomic E-state index is 9.05. The lowest BCUT2D eigenvalue weighted by Crippen LogP contribution is -2.32. The molecule has 0 atom stereocenters. The lowest BCUT2D eigenvalue weighted by atomic mass is 9.99. The predicted molar refractivity (Wildman–Crippen MR) is 71.9 cm³/mol. The molecule has 0 bridgehead atoms. The number of aliphatic hydroxyl groups is 1. The van der Waals surface area contributed by atoms with Crippen molar-refractivity contribution in [2.45, 2.75) is 39.7 Å².